The summed E-state index contributed by atoms with van der Waals surface area (Å²) in [5.74, 6) is 0. The Morgan fingerprint density at radius 2 is 2.62 bits per heavy atom. The smallest absolute Gasteiger partial charge is 0.0966 e. The second kappa shape index (κ2) is 1.87. The van der Waals surface area contributed by atoms with E-state index in [9.17, 15) is 0 Å². The number of rotatable bonds is 0. The van der Waals surface area contributed by atoms with Crippen LogP contribution < -0.4 is 0 Å². The fourth-order valence-corrected chi connectivity index (χ4v) is 0.660. The van der Waals surface area contributed by atoms with Crippen molar-refractivity contribution in [2.75, 3.05) is 13.6 Å². The number of hydrogen-bond donors (Lipinski definition) is 0. The second-order valence-corrected chi connectivity index (χ2v) is 1.84. The first-order chi connectivity index (χ1) is 3.83. The molecule has 1 aliphatic rings. The Bertz CT molecular complexity index is 152. The molecule has 41 valence electrons. The van der Waals surface area contributed by atoms with Gasteiger partial charge in [-0.2, -0.15) is 5.26 Å². The Hall–Kier alpha value is -0.970. The molecule has 0 aromatic heterocycles. The average Bonchev–Trinajstić information content (AvgIpc) is 2.14. The maximum absolute atomic E-state index is 8.31. The molecule has 0 spiro atoms. The van der Waals surface area contributed by atoms with Crippen molar-refractivity contribution < 1.29 is 0 Å². The molecule has 0 amide bonds. The van der Waals surface area contributed by atoms with Crippen molar-refractivity contribution in [1.82, 2.24) is 4.90 Å². The topological polar surface area (TPSA) is 27.0 Å². The summed E-state index contributed by atoms with van der Waals surface area (Å²) in [6, 6.07) is 2.06. The lowest BCUT2D eigenvalue weighted by Crippen LogP contribution is -2.04. The van der Waals surface area contributed by atoms with E-state index in [2.05, 4.69) is 6.07 Å². The van der Waals surface area contributed by atoms with Crippen LogP contribution in [0.1, 0.15) is 0 Å². The van der Waals surface area contributed by atoms with Gasteiger partial charge >= 0.3 is 0 Å². The minimum absolute atomic E-state index is 0.771. The Morgan fingerprint density at radius 1 is 1.88 bits per heavy atom. The molecule has 1 aliphatic heterocycles. The molecule has 0 saturated carbocycles. The number of nitriles is 1. The highest BCUT2D eigenvalue weighted by atomic mass is 15.1. The summed E-state index contributed by atoms with van der Waals surface area (Å²) in [7, 11) is 1.95. The largest absolute Gasteiger partial charge is 0.379 e. The van der Waals surface area contributed by atoms with Crippen molar-refractivity contribution in [3.8, 4) is 6.07 Å². The molecular formula is C6H7N2. The summed E-state index contributed by atoms with van der Waals surface area (Å²) in [6.45, 7) is 0.878. The highest BCUT2D eigenvalue weighted by molar-refractivity contribution is 5.32. The molecule has 0 fully saturated rings. The minimum Gasteiger partial charge on any atom is -0.379 e. The van der Waals surface area contributed by atoms with Crippen LogP contribution in [0.25, 0.3) is 0 Å². The van der Waals surface area contributed by atoms with Crippen LogP contribution in [0.4, 0.5) is 0 Å². The monoisotopic (exact) mass is 107 g/mol. The van der Waals surface area contributed by atoms with Gasteiger partial charge in [0.15, 0.2) is 0 Å². The molecule has 1 heterocycles. The zero-order valence-corrected chi connectivity index (χ0v) is 4.76. The fourth-order valence-electron chi connectivity index (χ4n) is 0.660. The van der Waals surface area contributed by atoms with E-state index in [0.29, 0.717) is 0 Å². The predicted molar refractivity (Wildman–Crippen MR) is 30.6 cm³/mol. The van der Waals surface area contributed by atoms with Gasteiger partial charge in [0.2, 0.25) is 0 Å². The molecule has 8 heavy (non-hydrogen) atoms. The Labute approximate surface area is 49.0 Å². The van der Waals surface area contributed by atoms with Crippen LogP contribution in [0.15, 0.2) is 11.8 Å². The molecule has 0 aromatic carbocycles. The summed E-state index contributed by atoms with van der Waals surface area (Å²) >= 11 is 0. The van der Waals surface area contributed by atoms with Crippen LogP contribution in [0, 0.1) is 17.8 Å². The van der Waals surface area contributed by atoms with Gasteiger partial charge in [-0.1, -0.05) is 0 Å². The van der Waals surface area contributed by atoms with Gasteiger partial charge in [-0.15, -0.1) is 0 Å². The van der Waals surface area contributed by atoms with Gasteiger partial charge in [0, 0.05) is 26.2 Å². The summed E-state index contributed by atoms with van der Waals surface area (Å²) in [5, 5.41) is 8.31. The number of nitrogens with zero attached hydrogens (tertiary/aromatic N) is 2. The van der Waals surface area contributed by atoms with Crippen molar-refractivity contribution in [3.63, 3.8) is 0 Å². The fraction of sp³-hybridized carbons (Fsp3) is 0.333. The molecule has 1 rings (SSSR count). The van der Waals surface area contributed by atoms with E-state index in [1.54, 1.807) is 0 Å². The van der Waals surface area contributed by atoms with Crippen molar-refractivity contribution in [1.29, 1.82) is 5.26 Å². The molecule has 0 N–H and O–H groups in total. The number of hydrogen-bond acceptors (Lipinski definition) is 2. The van der Waals surface area contributed by atoms with E-state index in [-0.39, 0.29) is 0 Å². The quantitative estimate of drug-likeness (QED) is 0.452. The highest BCUT2D eigenvalue weighted by Gasteiger charge is 2.06. The first-order valence-corrected chi connectivity index (χ1v) is 2.48. The van der Waals surface area contributed by atoms with E-state index in [1.165, 1.54) is 0 Å². The first-order valence-electron chi connectivity index (χ1n) is 2.48. The Balaban J connectivity index is 2.61. The first kappa shape index (κ1) is 5.17. The third-order valence-corrected chi connectivity index (χ3v) is 1.09. The average molecular weight is 107 g/mol. The van der Waals surface area contributed by atoms with Crippen LogP contribution in [0.2, 0.25) is 0 Å². The summed E-state index contributed by atoms with van der Waals surface area (Å²) < 4.78 is 0. The molecule has 0 bridgehead atoms. The van der Waals surface area contributed by atoms with E-state index in [4.69, 9.17) is 5.26 Å². The van der Waals surface area contributed by atoms with Gasteiger partial charge in [0.1, 0.15) is 0 Å². The maximum atomic E-state index is 8.31. The van der Waals surface area contributed by atoms with Gasteiger partial charge in [-0.25, -0.2) is 0 Å². The van der Waals surface area contributed by atoms with Crippen molar-refractivity contribution in [2.45, 2.75) is 0 Å². The maximum Gasteiger partial charge on any atom is 0.0966 e. The molecule has 0 aromatic rings. The second-order valence-electron chi connectivity index (χ2n) is 1.84. The molecule has 1 radical (unpaired) electrons. The summed E-state index contributed by atoms with van der Waals surface area (Å²) in [6.07, 6.45) is 3.74. The van der Waals surface area contributed by atoms with Gasteiger partial charge in [-0.05, 0) is 0 Å². The SMILES string of the molecule is CN1C=C(C#N)[CH]C1. The molecule has 0 atom stereocenters. The Kier molecular flexibility index (Phi) is 1.21. The van der Waals surface area contributed by atoms with E-state index < -0.39 is 0 Å². The van der Waals surface area contributed by atoms with E-state index in [0.717, 1.165) is 12.1 Å². The minimum atomic E-state index is 0.771. The van der Waals surface area contributed by atoms with Gasteiger partial charge in [0.05, 0.1) is 11.6 Å². The van der Waals surface area contributed by atoms with Gasteiger partial charge in [-0.3, -0.25) is 0 Å². The molecule has 0 unspecified atom stereocenters. The van der Waals surface area contributed by atoms with Crippen molar-refractivity contribution in [2.24, 2.45) is 0 Å². The van der Waals surface area contributed by atoms with E-state index in [1.807, 2.05) is 24.6 Å². The third-order valence-electron chi connectivity index (χ3n) is 1.09. The zero-order chi connectivity index (χ0) is 5.98. The van der Waals surface area contributed by atoms with Crippen LogP contribution >= 0.6 is 0 Å². The van der Waals surface area contributed by atoms with Crippen molar-refractivity contribution in [3.05, 3.63) is 18.2 Å². The van der Waals surface area contributed by atoms with E-state index >= 15 is 0 Å². The highest BCUT2D eigenvalue weighted by Crippen LogP contribution is 2.08. The van der Waals surface area contributed by atoms with Gasteiger partial charge in [0.25, 0.3) is 0 Å². The summed E-state index contributed by atoms with van der Waals surface area (Å²) in [5.41, 5.74) is 0.771. The molecule has 0 aliphatic carbocycles. The van der Waals surface area contributed by atoms with Gasteiger partial charge < -0.3 is 4.90 Å². The standard InChI is InChI=1S/C6H7N2/c1-8-3-2-6(4-7)5-8/h2,5H,3H2,1H3. The molecule has 0 saturated heterocycles. The van der Waals surface area contributed by atoms with Crippen molar-refractivity contribution >= 4 is 0 Å². The van der Waals surface area contributed by atoms with Crippen LogP contribution in [0.5, 0.6) is 0 Å². The van der Waals surface area contributed by atoms with Crippen LogP contribution in [-0.2, 0) is 0 Å². The normalized spacial score (nSPS) is 18.0. The van der Waals surface area contributed by atoms with Crippen LogP contribution in [-0.4, -0.2) is 18.5 Å². The molecule has 2 nitrogen and oxygen atoms in total. The van der Waals surface area contributed by atoms with Crippen LogP contribution in [0.3, 0.4) is 0 Å². The summed E-state index contributed by atoms with van der Waals surface area (Å²) in [4.78, 5) is 1.97. The lowest BCUT2D eigenvalue weighted by molar-refractivity contribution is 0.521. The predicted octanol–water partition coefficient (Wildman–Crippen LogP) is 0.544. The Morgan fingerprint density at radius 3 is 2.88 bits per heavy atom. The molecule has 2 heteroatoms. The third kappa shape index (κ3) is 0.812. The zero-order valence-electron chi connectivity index (χ0n) is 4.76. The lowest BCUT2D eigenvalue weighted by atomic mass is 10.3. The molecular weight excluding hydrogens is 100 g/mol. The lowest BCUT2D eigenvalue weighted by Gasteiger charge is -2.01.